The summed E-state index contributed by atoms with van der Waals surface area (Å²) < 4.78 is 0. The lowest BCUT2D eigenvalue weighted by Gasteiger charge is -2.13. The van der Waals surface area contributed by atoms with Crippen molar-refractivity contribution in [1.82, 2.24) is 0 Å². The minimum atomic E-state index is -0.260. The van der Waals surface area contributed by atoms with Crippen LogP contribution in [0.3, 0.4) is 0 Å². The van der Waals surface area contributed by atoms with E-state index in [1.165, 1.54) is 12.8 Å². The topological polar surface area (TPSA) is 37.3 Å². The van der Waals surface area contributed by atoms with E-state index in [0.29, 0.717) is 24.0 Å². The summed E-state index contributed by atoms with van der Waals surface area (Å²) >= 11 is 0. The largest absolute Gasteiger partial charge is 0.393 e. The molecule has 1 saturated carbocycles. The molecule has 2 heteroatoms. The van der Waals surface area contributed by atoms with Crippen LogP contribution in [0, 0.1) is 11.8 Å². The number of hydrogen-bond donors (Lipinski definition) is 1. The maximum Gasteiger partial charge on any atom is 0.136 e. The van der Waals surface area contributed by atoms with Crippen LogP contribution in [0.25, 0.3) is 0 Å². The van der Waals surface area contributed by atoms with E-state index >= 15 is 0 Å². The quantitative estimate of drug-likeness (QED) is 0.737. The molecule has 0 heterocycles. The number of Topliss-reactive ketones (excluding diaryl/α,β-unsaturated/α-hetero) is 1. The molecule has 1 rings (SSSR count). The monoisotopic (exact) mass is 198 g/mol. The summed E-state index contributed by atoms with van der Waals surface area (Å²) in [5, 5.41) is 9.07. The van der Waals surface area contributed by atoms with Gasteiger partial charge in [-0.1, -0.05) is 13.3 Å². The maximum atomic E-state index is 11.8. The normalized spacial score (nSPS) is 29.1. The summed E-state index contributed by atoms with van der Waals surface area (Å²) in [5.74, 6) is 1.34. The van der Waals surface area contributed by atoms with E-state index in [1.807, 2.05) is 0 Å². The van der Waals surface area contributed by atoms with E-state index in [9.17, 15) is 4.79 Å². The van der Waals surface area contributed by atoms with Crippen molar-refractivity contribution in [2.75, 3.05) is 0 Å². The van der Waals surface area contributed by atoms with Crippen LogP contribution in [0.5, 0.6) is 0 Å². The van der Waals surface area contributed by atoms with Crippen molar-refractivity contribution in [3.8, 4) is 0 Å². The lowest BCUT2D eigenvalue weighted by atomic mass is 9.91. The highest BCUT2D eigenvalue weighted by atomic mass is 16.3. The summed E-state index contributed by atoms with van der Waals surface area (Å²) in [4.78, 5) is 11.8. The summed E-state index contributed by atoms with van der Waals surface area (Å²) in [5.41, 5.74) is 0. The van der Waals surface area contributed by atoms with Crippen molar-refractivity contribution in [3.63, 3.8) is 0 Å². The fourth-order valence-electron chi connectivity index (χ4n) is 2.38. The van der Waals surface area contributed by atoms with E-state index in [0.717, 1.165) is 19.3 Å². The van der Waals surface area contributed by atoms with Crippen molar-refractivity contribution in [2.45, 2.75) is 58.5 Å². The second-order valence-electron chi connectivity index (χ2n) is 4.72. The van der Waals surface area contributed by atoms with Gasteiger partial charge in [0.2, 0.25) is 0 Å². The zero-order valence-electron chi connectivity index (χ0n) is 9.33. The molecule has 1 fully saturated rings. The summed E-state index contributed by atoms with van der Waals surface area (Å²) in [6, 6.07) is 0. The first-order chi connectivity index (χ1) is 6.61. The second kappa shape index (κ2) is 5.50. The van der Waals surface area contributed by atoms with Crippen LogP contribution < -0.4 is 0 Å². The Labute approximate surface area is 86.7 Å². The van der Waals surface area contributed by atoms with Gasteiger partial charge >= 0.3 is 0 Å². The molecule has 0 aromatic heterocycles. The Morgan fingerprint density at radius 2 is 2.21 bits per heavy atom. The molecule has 1 N–H and O–H groups in total. The van der Waals surface area contributed by atoms with Crippen LogP contribution >= 0.6 is 0 Å². The predicted octanol–water partition coefficient (Wildman–Crippen LogP) is 2.54. The Hall–Kier alpha value is -0.370. The van der Waals surface area contributed by atoms with Gasteiger partial charge in [0.25, 0.3) is 0 Å². The SMILES string of the molecule is CC(O)CCCC(=O)C1CCCC1C. The highest BCUT2D eigenvalue weighted by Crippen LogP contribution is 2.32. The molecule has 0 bridgehead atoms. The molecule has 0 saturated heterocycles. The van der Waals surface area contributed by atoms with Gasteiger partial charge < -0.3 is 5.11 Å². The molecule has 0 spiro atoms. The highest BCUT2D eigenvalue weighted by Gasteiger charge is 2.28. The molecule has 0 aromatic rings. The predicted molar refractivity (Wildman–Crippen MR) is 57.0 cm³/mol. The summed E-state index contributed by atoms with van der Waals surface area (Å²) in [7, 11) is 0. The number of carbonyl (C=O) groups is 1. The Balaban J connectivity index is 2.21. The van der Waals surface area contributed by atoms with E-state index in [1.54, 1.807) is 6.92 Å². The van der Waals surface area contributed by atoms with Crippen LogP contribution in [0.1, 0.15) is 52.4 Å². The zero-order chi connectivity index (χ0) is 10.6. The minimum absolute atomic E-state index is 0.260. The molecule has 1 aliphatic rings. The molecule has 3 atom stereocenters. The van der Waals surface area contributed by atoms with Crippen molar-refractivity contribution < 1.29 is 9.90 Å². The number of rotatable bonds is 5. The molecule has 0 amide bonds. The van der Waals surface area contributed by atoms with Gasteiger partial charge in [-0.2, -0.15) is 0 Å². The van der Waals surface area contributed by atoms with Crippen LogP contribution in [0.4, 0.5) is 0 Å². The molecule has 0 aromatic carbocycles. The lowest BCUT2D eigenvalue weighted by molar-refractivity contribution is -0.123. The first kappa shape index (κ1) is 11.7. The van der Waals surface area contributed by atoms with Gasteiger partial charge in [0, 0.05) is 12.3 Å². The fourth-order valence-corrected chi connectivity index (χ4v) is 2.38. The van der Waals surface area contributed by atoms with Gasteiger partial charge in [0.1, 0.15) is 5.78 Å². The third-order valence-corrected chi connectivity index (χ3v) is 3.32. The summed E-state index contributed by atoms with van der Waals surface area (Å²) in [6.07, 6.45) is 5.53. The molecule has 2 nitrogen and oxygen atoms in total. The third-order valence-electron chi connectivity index (χ3n) is 3.32. The fraction of sp³-hybridized carbons (Fsp3) is 0.917. The molecule has 14 heavy (non-hydrogen) atoms. The van der Waals surface area contributed by atoms with Gasteiger partial charge in [0.05, 0.1) is 6.10 Å². The Bertz CT molecular complexity index is 187. The van der Waals surface area contributed by atoms with Crippen molar-refractivity contribution in [1.29, 1.82) is 0 Å². The number of carbonyl (C=O) groups excluding carboxylic acids is 1. The van der Waals surface area contributed by atoms with Crippen LogP contribution in [-0.4, -0.2) is 17.0 Å². The first-order valence-electron chi connectivity index (χ1n) is 5.82. The molecule has 82 valence electrons. The van der Waals surface area contributed by atoms with E-state index in [2.05, 4.69) is 6.92 Å². The molecule has 1 aliphatic carbocycles. The minimum Gasteiger partial charge on any atom is -0.393 e. The van der Waals surface area contributed by atoms with Crippen LogP contribution in [0.2, 0.25) is 0 Å². The van der Waals surface area contributed by atoms with Crippen LogP contribution in [0.15, 0.2) is 0 Å². The molecule has 0 radical (unpaired) electrons. The van der Waals surface area contributed by atoms with Gasteiger partial charge in [-0.3, -0.25) is 4.79 Å². The Morgan fingerprint density at radius 1 is 1.50 bits per heavy atom. The molecule has 3 unspecified atom stereocenters. The molecule has 0 aliphatic heterocycles. The molecular weight excluding hydrogens is 176 g/mol. The van der Waals surface area contributed by atoms with Crippen molar-refractivity contribution in [3.05, 3.63) is 0 Å². The van der Waals surface area contributed by atoms with Gasteiger partial charge in [0.15, 0.2) is 0 Å². The van der Waals surface area contributed by atoms with E-state index < -0.39 is 0 Å². The van der Waals surface area contributed by atoms with Gasteiger partial charge in [-0.15, -0.1) is 0 Å². The highest BCUT2D eigenvalue weighted by molar-refractivity contribution is 5.81. The third kappa shape index (κ3) is 3.41. The number of hydrogen-bond acceptors (Lipinski definition) is 2. The van der Waals surface area contributed by atoms with Crippen molar-refractivity contribution in [2.24, 2.45) is 11.8 Å². The van der Waals surface area contributed by atoms with Crippen molar-refractivity contribution >= 4 is 5.78 Å². The van der Waals surface area contributed by atoms with Gasteiger partial charge in [-0.25, -0.2) is 0 Å². The van der Waals surface area contributed by atoms with E-state index in [4.69, 9.17) is 5.11 Å². The van der Waals surface area contributed by atoms with Crippen LogP contribution in [-0.2, 0) is 4.79 Å². The number of ketones is 1. The Morgan fingerprint density at radius 3 is 2.71 bits per heavy atom. The standard InChI is InChI=1S/C12H22O2/c1-9-5-3-7-11(9)12(14)8-4-6-10(2)13/h9-11,13H,3-8H2,1-2H3. The average Bonchev–Trinajstić information content (AvgIpc) is 2.50. The number of aliphatic hydroxyl groups excluding tert-OH is 1. The Kier molecular flexibility index (Phi) is 4.59. The smallest absolute Gasteiger partial charge is 0.136 e. The molecular formula is C12H22O2. The van der Waals surface area contributed by atoms with E-state index in [-0.39, 0.29) is 6.10 Å². The lowest BCUT2D eigenvalue weighted by Crippen LogP contribution is -2.17. The second-order valence-corrected chi connectivity index (χ2v) is 4.72. The number of aliphatic hydroxyl groups is 1. The van der Waals surface area contributed by atoms with Gasteiger partial charge in [-0.05, 0) is 38.5 Å². The zero-order valence-corrected chi connectivity index (χ0v) is 9.33. The average molecular weight is 198 g/mol. The first-order valence-corrected chi connectivity index (χ1v) is 5.82. The summed E-state index contributed by atoms with van der Waals surface area (Å²) in [6.45, 7) is 3.97. The maximum absolute atomic E-state index is 11.8.